The molecule has 2 aliphatic rings. The van der Waals surface area contributed by atoms with E-state index in [0.29, 0.717) is 25.1 Å². The van der Waals surface area contributed by atoms with Crippen LogP contribution in [0.5, 0.6) is 0 Å². The van der Waals surface area contributed by atoms with E-state index in [-0.39, 0.29) is 29.9 Å². The Kier molecular flexibility index (Phi) is 5.28. The summed E-state index contributed by atoms with van der Waals surface area (Å²) in [5.41, 5.74) is 9.52. The van der Waals surface area contributed by atoms with Crippen molar-refractivity contribution < 1.29 is 9.59 Å². The van der Waals surface area contributed by atoms with Crippen molar-refractivity contribution in [3.05, 3.63) is 59.7 Å². The second-order valence-corrected chi connectivity index (χ2v) is 8.01. The Labute approximate surface area is 171 Å². The maximum Gasteiger partial charge on any atom is 0.253 e. The van der Waals surface area contributed by atoms with Crippen molar-refractivity contribution >= 4 is 23.2 Å². The van der Waals surface area contributed by atoms with E-state index in [9.17, 15) is 9.59 Å². The summed E-state index contributed by atoms with van der Waals surface area (Å²) in [6.07, 6.45) is 1.32. The predicted octanol–water partition coefficient (Wildman–Crippen LogP) is 3.16. The number of nitrogens with one attached hydrogen (secondary N) is 1. The van der Waals surface area contributed by atoms with Gasteiger partial charge < -0.3 is 20.9 Å². The maximum atomic E-state index is 12.5. The second-order valence-electron chi connectivity index (χ2n) is 8.01. The molecule has 4 rings (SSSR count). The molecule has 2 aromatic rings. The minimum atomic E-state index is 0.0311. The number of amides is 2. The van der Waals surface area contributed by atoms with E-state index in [1.54, 1.807) is 4.90 Å². The number of benzene rings is 2. The minimum absolute atomic E-state index is 0.0311. The third-order valence-corrected chi connectivity index (χ3v) is 5.83. The van der Waals surface area contributed by atoms with Crippen LogP contribution in [0.15, 0.2) is 48.5 Å². The monoisotopic (exact) mass is 392 g/mol. The molecule has 6 nitrogen and oxygen atoms in total. The van der Waals surface area contributed by atoms with Crippen LogP contribution in [0.2, 0.25) is 0 Å². The van der Waals surface area contributed by atoms with E-state index in [4.69, 9.17) is 5.73 Å². The summed E-state index contributed by atoms with van der Waals surface area (Å²) >= 11 is 0. The first-order chi connectivity index (χ1) is 14.0. The fourth-order valence-electron chi connectivity index (χ4n) is 4.27. The van der Waals surface area contributed by atoms with Gasteiger partial charge in [-0.05, 0) is 49.2 Å². The van der Waals surface area contributed by atoms with Gasteiger partial charge in [0, 0.05) is 48.5 Å². The zero-order valence-corrected chi connectivity index (χ0v) is 17.0. The number of hydrogen-bond donors (Lipinski definition) is 2. The lowest BCUT2D eigenvalue weighted by molar-refractivity contribution is -0.118. The molecular formula is C23H28N4O2. The van der Waals surface area contributed by atoms with Crippen molar-refractivity contribution in [2.24, 2.45) is 5.73 Å². The van der Waals surface area contributed by atoms with Crippen molar-refractivity contribution in [3.8, 4) is 0 Å². The molecule has 2 amide bonds. The Balaban J connectivity index is 1.52. The lowest BCUT2D eigenvalue weighted by atomic mass is 9.91. The van der Waals surface area contributed by atoms with Gasteiger partial charge in [-0.1, -0.05) is 25.1 Å². The average Bonchev–Trinajstić information content (AvgIpc) is 2.71. The molecular weight excluding hydrogens is 364 g/mol. The Morgan fingerprint density at radius 2 is 1.79 bits per heavy atom. The predicted molar refractivity (Wildman–Crippen MR) is 115 cm³/mol. The molecule has 1 saturated heterocycles. The summed E-state index contributed by atoms with van der Waals surface area (Å²) in [5.74, 6) is 0.181. The van der Waals surface area contributed by atoms with Crippen molar-refractivity contribution in [2.75, 3.05) is 23.3 Å². The van der Waals surface area contributed by atoms with Crippen LogP contribution in [0.1, 0.15) is 48.7 Å². The average molecular weight is 393 g/mol. The van der Waals surface area contributed by atoms with E-state index in [1.807, 2.05) is 54.3 Å². The highest BCUT2D eigenvalue weighted by Gasteiger charge is 2.33. The van der Waals surface area contributed by atoms with Crippen LogP contribution < -0.4 is 16.0 Å². The first-order valence-electron chi connectivity index (χ1n) is 10.3. The molecule has 29 heavy (non-hydrogen) atoms. The number of likely N-dealkylation sites (tertiary alicyclic amines) is 1. The van der Waals surface area contributed by atoms with Gasteiger partial charge >= 0.3 is 0 Å². The molecule has 152 valence electrons. The number of nitrogens with zero attached hydrogens (tertiary/aromatic N) is 2. The maximum absolute atomic E-state index is 12.5. The molecule has 3 N–H and O–H groups in total. The summed E-state index contributed by atoms with van der Waals surface area (Å²) < 4.78 is 0. The van der Waals surface area contributed by atoms with E-state index in [1.165, 1.54) is 0 Å². The Morgan fingerprint density at radius 3 is 2.45 bits per heavy atom. The molecule has 0 aromatic heterocycles. The van der Waals surface area contributed by atoms with Crippen molar-refractivity contribution in [1.82, 2.24) is 4.90 Å². The number of carbonyl (C=O) groups excluding carboxylic acids is 2. The topological polar surface area (TPSA) is 78.7 Å². The molecule has 0 unspecified atom stereocenters. The van der Waals surface area contributed by atoms with Gasteiger partial charge in [-0.15, -0.1) is 0 Å². The van der Waals surface area contributed by atoms with Crippen LogP contribution in [0, 0.1) is 0 Å². The van der Waals surface area contributed by atoms with E-state index < -0.39 is 0 Å². The van der Waals surface area contributed by atoms with Crippen molar-refractivity contribution in [2.45, 2.75) is 44.8 Å². The van der Waals surface area contributed by atoms with Crippen LogP contribution in [-0.4, -0.2) is 41.9 Å². The lowest BCUT2D eigenvalue weighted by Gasteiger charge is -2.40. The van der Waals surface area contributed by atoms with Crippen molar-refractivity contribution in [1.29, 1.82) is 0 Å². The van der Waals surface area contributed by atoms with Gasteiger partial charge in [-0.25, -0.2) is 0 Å². The minimum Gasteiger partial charge on any atom is -0.378 e. The van der Waals surface area contributed by atoms with Gasteiger partial charge in [0.05, 0.1) is 6.04 Å². The Bertz CT molecular complexity index is 905. The zero-order valence-electron chi connectivity index (χ0n) is 17.0. The fraction of sp³-hybridized carbons (Fsp3) is 0.391. The number of fused-ring (bicyclic) bond motifs is 1. The number of rotatable bonds is 4. The summed E-state index contributed by atoms with van der Waals surface area (Å²) in [4.78, 5) is 28.6. The summed E-state index contributed by atoms with van der Waals surface area (Å²) in [6, 6.07) is 16.0. The standard InChI is InChI=1S/C23H28N4O2/c1-3-22(28)27-15(2)12-20(19-6-4-5-7-21(19)27)25-18-10-8-16(9-11-18)23(29)26-13-17(24)14-26/h4-11,15,17,20,25H,3,12-14,24H2,1-2H3/t15-,20+/m0/s1. The number of nitrogens with two attached hydrogens (primary N) is 1. The number of para-hydroxylation sites is 1. The largest absolute Gasteiger partial charge is 0.378 e. The Morgan fingerprint density at radius 1 is 1.10 bits per heavy atom. The molecule has 0 saturated carbocycles. The normalized spacial score (nSPS) is 21.3. The first-order valence-corrected chi connectivity index (χ1v) is 10.3. The van der Waals surface area contributed by atoms with Crippen LogP contribution >= 0.6 is 0 Å². The number of anilines is 2. The highest BCUT2D eigenvalue weighted by Crippen LogP contribution is 2.39. The van der Waals surface area contributed by atoms with Gasteiger partial charge in [0.2, 0.25) is 5.91 Å². The third kappa shape index (κ3) is 3.72. The first kappa shape index (κ1) is 19.5. The summed E-state index contributed by atoms with van der Waals surface area (Å²) in [5, 5.41) is 3.59. The molecule has 0 radical (unpaired) electrons. The number of carbonyl (C=O) groups is 2. The van der Waals surface area contributed by atoms with Crippen LogP contribution in [0.25, 0.3) is 0 Å². The van der Waals surface area contributed by atoms with Gasteiger partial charge in [0.15, 0.2) is 0 Å². The van der Waals surface area contributed by atoms with E-state index in [2.05, 4.69) is 18.3 Å². The third-order valence-electron chi connectivity index (χ3n) is 5.83. The SMILES string of the molecule is CCC(=O)N1c2ccccc2[C@H](Nc2ccc(C(=O)N3CC(N)C3)cc2)C[C@@H]1C. The highest BCUT2D eigenvalue weighted by molar-refractivity contribution is 5.96. The molecule has 0 spiro atoms. The second kappa shape index (κ2) is 7.87. The fourth-order valence-corrected chi connectivity index (χ4v) is 4.27. The molecule has 0 aliphatic carbocycles. The molecule has 1 fully saturated rings. The molecule has 2 heterocycles. The smallest absolute Gasteiger partial charge is 0.253 e. The lowest BCUT2D eigenvalue weighted by Crippen LogP contribution is -2.57. The zero-order chi connectivity index (χ0) is 20.5. The Hall–Kier alpha value is -2.86. The number of hydrogen-bond acceptors (Lipinski definition) is 4. The van der Waals surface area contributed by atoms with Crippen LogP contribution in [0.3, 0.4) is 0 Å². The van der Waals surface area contributed by atoms with E-state index in [0.717, 1.165) is 23.4 Å². The van der Waals surface area contributed by atoms with Gasteiger partial charge in [-0.2, -0.15) is 0 Å². The quantitative estimate of drug-likeness (QED) is 0.838. The van der Waals surface area contributed by atoms with Crippen molar-refractivity contribution in [3.63, 3.8) is 0 Å². The van der Waals surface area contributed by atoms with Gasteiger partial charge in [0.1, 0.15) is 0 Å². The summed E-state index contributed by atoms with van der Waals surface area (Å²) in [7, 11) is 0. The van der Waals surface area contributed by atoms with E-state index >= 15 is 0 Å². The summed E-state index contributed by atoms with van der Waals surface area (Å²) in [6.45, 7) is 5.25. The molecule has 0 bridgehead atoms. The molecule has 6 heteroatoms. The van der Waals surface area contributed by atoms with Crippen LogP contribution in [-0.2, 0) is 4.79 Å². The molecule has 2 aromatic carbocycles. The molecule has 2 atom stereocenters. The van der Waals surface area contributed by atoms with Crippen LogP contribution in [0.4, 0.5) is 11.4 Å². The molecule has 2 aliphatic heterocycles. The van der Waals surface area contributed by atoms with Gasteiger partial charge in [0.25, 0.3) is 5.91 Å². The highest BCUT2D eigenvalue weighted by atomic mass is 16.2. The van der Waals surface area contributed by atoms with Gasteiger partial charge in [-0.3, -0.25) is 9.59 Å².